The van der Waals surface area contributed by atoms with Crippen LogP contribution in [0.4, 0.5) is 26.3 Å². The van der Waals surface area contributed by atoms with Crippen LogP contribution in [0.15, 0.2) is 97.1 Å². The molecule has 0 aliphatic rings. The summed E-state index contributed by atoms with van der Waals surface area (Å²) in [6.45, 7) is 22.6. The van der Waals surface area contributed by atoms with Gasteiger partial charge in [0.25, 0.3) is 0 Å². The lowest BCUT2D eigenvalue weighted by Gasteiger charge is -2.22. The number of halogens is 7. The highest BCUT2D eigenvalue weighted by Crippen LogP contribution is 2.30. The van der Waals surface area contributed by atoms with Crippen LogP contribution in [0, 0.1) is 0 Å². The van der Waals surface area contributed by atoms with E-state index >= 15 is 0 Å². The van der Waals surface area contributed by atoms with E-state index in [1.165, 1.54) is 36.8 Å². The van der Waals surface area contributed by atoms with Crippen molar-refractivity contribution in [3.05, 3.63) is 97.1 Å². The van der Waals surface area contributed by atoms with Crippen molar-refractivity contribution >= 4 is 56.4 Å². The Morgan fingerprint density at radius 1 is 0.589 bits per heavy atom. The van der Waals surface area contributed by atoms with Crippen LogP contribution in [0.5, 0.6) is 11.5 Å². The highest BCUT2D eigenvalue weighted by atomic mass is 35.7. The zero-order chi connectivity index (χ0) is 43.3. The molecule has 4 aromatic carbocycles. The zero-order valence-electron chi connectivity index (χ0n) is 32.8. The molecule has 4 aromatic rings. The van der Waals surface area contributed by atoms with Gasteiger partial charge in [0.1, 0.15) is 11.5 Å². The van der Waals surface area contributed by atoms with Crippen molar-refractivity contribution in [2.75, 3.05) is 19.6 Å². The Hall–Kier alpha value is -3.36. The Morgan fingerprint density at radius 3 is 1.25 bits per heavy atom. The maximum Gasteiger partial charge on any atom is 0.534 e. The molecule has 0 aliphatic heterocycles. The normalized spacial score (nSPS) is 12.3. The number of nitrogens with zero attached hydrogens (tertiary/aromatic N) is 1. The maximum absolute atomic E-state index is 12.6. The number of hydrogen-bond donors (Lipinski definition) is 1. The predicted molar refractivity (Wildman–Crippen MR) is 221 cm³/mol. The molecule has 0 bridgehead atoms. The van der Waals surface area contributed by atoms with E-state index in [9.17, 15) is 48.3 Å². The fraction of sp³-hybridized carbons (Fsp3) is 0.368. The topological polar surface area (TPSA) is 101 Å². The fourth-order valence-electron chi connectivity index (χ4n) is 4.78. The Morgan fingerprint density at radius 2 is 0.946 bits per heavy atom. The van der Waals surface area contributed by atoms with Crippen molar-refractivity contribution < 1.29 is 52.5 Å². The molecule has 1 N–H and O–H groups in total. The van der Waals surface area contributed by atoms with Crippen LogP contribution in [-0.4, -0.2) is 73.6 Å². The minimum atomic E-state index is -5.69. The van der Waals surface area contributed by atoms with E-state index in [-0.39, 0.29) is 5.75 Å². The summed E-state index contributed by atoms with van der Waals surface area (Å²) in [4.78, 5) is 2.38. The van der Waals surface area contributed by atoms with Gasteiger partial charge in [0.2, 0.25) is 0 Å². The molecular formula is C38H50ClF6NO6S2Si2. The van der Waals surface area contributed by atoms with Gasteiger partial charge in [-0.1, -0.05) is 145 Å². The first-order valence-electron chi connectivity index (χ1n) is 17.3. The van der Waals surface area contributed by atoms with E-state index in [1.807, 2.05) is 80.3 Å². The van der Waals surface area contributed by atoms with Gasteiger partial charge in [-0.05, 0) is 64.4 Å². The summed E-state index contributed by atoms with van der Waals surface area (Å²) in [5.41, 5.74) is -6.71. The first kappa shape index (κ1) is 50.7. The molecular weight excluding hydrogens is 836 g/mol. The minimum Gasteiger partial charge on any atom is -0.508 e. The predicted octanol–water partition coefficient (Wildman–Crippen LogP) is 10.2. The van der Waals surface area contributed by atoms with Gasteiger partial charge in [-0.25, -0.2) is 8.42 Å². The largest absolute Gasteiger partial charge is 0.534 e. The lowest BCUT2D eigenvalue weighted by molar-refractivity contribution is -0.0500. The number of phenolic OH excluding ortho intramolecular Hbond substituents is 1. The smallest absolute Gasteiger partial charge is 0.508 e. The number of aromatic hydroxyl groups is 1. The van der Waals surface area contributed by atoms with Crippen molar-refractivity contribution in [2.45, 2.75) is 71.1 Å². The van der Waals surface area contributed by atoms with Crippen LogP contribution in [-0.2, 0) is 19.2 Å². The maximum atomic E-state index is 12.6. The van der Waals surface area contributed by atoms with Crippen molar-refractivity contribution in [3.63, 3.8) is 0 Å². The summed E-state index contributed by atoms with van der Waals surface area (Å²) in [6.07, 6.45) is 0. The second kappa shape index (κ2) is 20.9. The van der Waals surface area contributed by atoms with Gasteiger partial charge in [0.15, 0.2) is 0 Å². The monoisotopic (exact) mass is 885 g/mol. The lowest BCUT2D eigenvalue weighted by atomic mass is 10.1. The number of benzene rings is 4. The molecule has 7 nitrogen and oxygen atoms in total. The molecule has 0 heterocycles. The summed E-state index contributed by atoms with van der Waals surface area (Å²) in [5.74, 6) is 0.176. The molecule has 0 fully saturated rings. The molecule has 312 valence electrons. The Bertz CT molecular complexity index is 2030. The Balaban J connectivity index is 0.000000423. The van der Waals surface area contributed by atoms with E-state index in [0.717, 1.165) is 16.3 Å². The summed E-state index contributed by atoms with van der Waals surface area (Å²) in [7, 11) is -10.9. The van der Waals surface area contributed by atoms with Gasteiger partial charge < -0.3 is 14.2 Å². The molecule has 0 saturated heterocycles. The fourth-order valence-corrected chi connectivity index (χ4v) is 8.23. The van der Waals surface area contributed by atoms with Gasteiger partial charge >= 0.3 is 30.2 Å². The number of hydrogen-bond acceptors (Lipinski definition) is 7. The van der Waals surface area contributed by atoms with Crippen LogP contribution in [0.3, 0.4) is 0 Å². The highest BCUT2D eigenvalue weighted by molar-refractivity contribution is 8.14. The van der Waals surface area contributed by atoms with Crippen LogP contribution < -0.4 is 14.6 Å². The summed E-state index contributed by atoms with van der Waals surface area (Å²) < 4.78 is 116. The minimum absolute atomic E-state index is 0.258. The van der Waals surface area contributed by atoms with Crippen LogP contribution in [0.2, 0.25) is 39.3 Å². The molecule has 0 atom stereocenters. The molecule has 0 aliphatic carbocycles. The van der Waals surface area contributed by atoms with E-state index in [4.69, 9.17) is 0 Å². The van der Waals surface area contributed by atoms with Crippen molar-refractivity contribution in [1.29, 1.82) is 0 Å². The molecule has 56 heavy (non-hydrogen) atoms. The second-order valence-corrected chi connectivity index (χ2v) is 28.3. The van der Waals surface area contributed by atoms with Crippen molar-refractivity contribution in [3.8, 4) is 33.8 Å². The second-order valence-electron chi connectivity index (χ2n) is 14.2. The highest BCUT2D eigenvalue weighted by Gasteiger charge is 2.49. The van der Waals surface area contributed by atoms with E-state index in [1.54, 1.807) is 12.1 Å². The molecule has 4 rings (SSSR count). The molecule has 0 amide bonds. The van der Waals surface area contributed by atoms with Crippen molar-refractivity contribution in [1.82, 2.24) is 4.90 Å². The average molecular weight is 887 g/mol. The lowest BCUT2D eigenvalue weighted by Crippen LogP contribution is -2.40. The van der Waals surface area contributed by atoms with Gasteiger partial charge in [0, 0.05) is 10.7 Å². The van der Waals surface area contributed by atoms with Crippen LogP contribution >= 0.6 is 10.7 Å². The standard InChI is InChI=1S/C16H17F3O3SSi.C15H18OSi.C6H15N.CClF3O2S/c1-24(2,3)15-11-13(12-7-5-4-6-8-12)9-10-14(15)22-23(20,21)16(17,18)19;1-17(2,3)15-11-13(9-10-14(15)16)12-7-5-4-6-8-12;1-4-7(5-2)6-3;2-8(6,7)1(3,4)5/h4-11H,1-3H3;4-11,16H,1-3H3;4-6H2,1-3H3;. The summed E-state index contributed by atoms with van der Waals surface area (Å²) in [5, 5.41) is 11.6. The first-order valence-corrected chi connectivity index (χ1v) is 28.0. The van der Waals surface area contributed by atoms with E-state index in [2.05, 4.69) is 78.4 Å². The average Bonchev–Trinajstić information content (AvgIpc) is 3.08. The SMILES string of the molecule is CCN(CC)CC.C[Si](C)(C)c1cc(-c2ccccc2)ccc1O.C[Si](C)(C)c1cc(-c2ccccc2)ccc1OS(=O)(=O)C(F)(F)F.O=S(=O)(Cl)C(F)(F)F. The van der Waals surface area contributed by atoms with Crippen LogP contribution in [0.25, 0.3) is 22.3 Å². The molecule has 18 heteroatoms. The summed E-state index contributed by atoms with van der Waals surface area (Å²) in [6, 6.07) is 30.1. The van der Waals surface area contributed by atoms with Gasteiger partial charge in [-0.2, -0.15) is 34.8 Å². The van der Waals surface area contributed by atoms with E-state index in [0.29, 0.717) is 10.9 Å². The molecule has 0 spiro atoms. The molecule has 0 aromatic heterocycles. The Labute approximate surface area is 333 Å². The van der Waals surface area contributed by atoms with Crippen LogP contribution in [0.1, 0.15) is 20.8 Å². The third kappa shape index (κ3) is 16.2. The Kier molecular flexibility index (Phi) is 18.9. The molecule has 0 saturated carbocycles. The van der Waals surface area contributed by atoms with Crippen molar-refractivity contribution in [2.24, 2.45) is 0 Å². The molecule has 0 unspecified atom stereocenters. The van der Waals surface area contributed by atoms with Gasteiger partial charge in [-0.15, -0.1) is 0 Å². The van der Waals surface area contributed by atoms with Gasteiger partial charge in [0.05, 0.1) is 16.1 Å². The third-order valence-corrected chi connectivity index (χ3v) is 14.0. The first-order chi connectivity index (χ1) is 25.5. The summed E-state index contributed by atoms with van der Waals surface area (Å²) >= 11 is 0. The van der Waals surface area contributed by atoms with Gasteiger partial charge in [-0.3, -0.25) is 0 Å². The number of rotatable bonds is 9. The zero-order valence-corrected chi connectivity index (χ0v) is 37.1. The quantitative estimate of drug-likeness (QED) is 0.0587. The molecule has 0 radical (unpaired) electrons. The third-order valence-electron chi connectivity index (χ3n) is 7.91. The number of phenols is 1. The number of alkyl halides is 6. The van der Waals surface area contributed by atoms with E-state index < -0.39 is 46.3 Å².